The molecule has 0 saturated carbocycles. The number of anilines is 1. The topological polar surface area (TPSA) is 54.9 Å². The van der Waals surface area contributed by atoms with Crippen molar-refractivity contribution in [2.75, 3.05) is 5.32 Å². The van der Waals surface area contributed by atoms with Crippen LogP contribution >= 0.6 is 11.6 Å². The zero-order valence-electron chi connectivity index (χ0n) is 9.45. The molecule has 0 aliphatic carbocycles. The maximum atomic E-state index is 13.7. The number of benzene rings is 1. The summed E-state index contributed by atoms with van der Waals surface area (Å²) in [7, 11) is 0. The summed E-state index contributed by atoms with van der Waals surface area (Å²) in [6.45, 7) is 1.59. The van der Waals surface area contributed by atoms with Crippen LogP contribution in [0, 0.1) is 12.7 Å². The molecule has 6 heteroatoms. The van der Waals surface area contributed by atoms with Gasteiger partial charge in [-0.15, -0.1) is 0 Å². The van der Waals surface area contributed by atoms with E-state index in [1.807, 2.05) is 0 Å². The summed E-state index contributed by atoms with van der Waals surface area (Å²) in [5, 5.41) is 2.65. The molecule has 1 heterocycles. The Bertz CT molecular complexity index is 604. The van der Waals surface area contributed by atoms with Crippen LogP contribution in [-0.4, -0.2) is 15.9 Å². The fourth-order valence-electron chi connectivity index (χ4n) is 1.41. The smallest absolute Gasteiger partial charge is 0.259 e. The lowest BCUT2D eigenvalue weighted by molar-refractivity contribution is 0.102. The van der Waals surface area contributed by atoms with E-state index >= 15 is 0 Å². The third kappa shape index (κ3) is 2.62. The normalized spacial score (nSPS) is 10.2. The van der Waals surface area contributed by atoms with Gasteiger partial charge in [-0.2, -0.15) is 0 Å². The van der Waals surface area contributed by atoms with Crippen LogP contribution in [-0.2, 0) is 0 Å². The predicted octanol–water partition coefficient (Wildman–Crippen LogP) is 2.83. The van der Waals surface area contributed by atoms with E-state index in [-0.39, 0.29) is 16.5 Å². The molecule has 2 rings (SSSR count). The molecule has 0 aliphatic rings. The molecule has 0 bridgehead atoms. The molecule has 1 N–H and O–H groups in total. The van der Waals surface area contributed by atoms with Crippen molar-refractivity contribution in [1.29, 1.82) is 0 Å². The molecule has 18 heavy (non-hydrogen) atoms. The second-order valence-electron chi connectivity index (χ2n) is 3.62. The molecule has 0 fully saturated rings. The minimum atomic E-state index is -0.578. The quantitative estimate of drug-likeness (QED) is 0.850. The average Bonchev–Trinajstić information content (AvgIpc) is 2.32. The number of nitrogens with zero attached hydrogens (tertiary/aromatic N) is 2. The fourth-order valence-corrected chi connectivity index (χ4v) is 1.56. The summed E-state index contributed by atoms with van der Waals surface area (Å²) in [4.78, 5) is 19.3. The summed E-state index contributed by atoms with van der Waals surface area (Å²) in [5.74, 6) is -0.901. The standard InChI is InChI=1S/C12H9ClFN3O/c1-7-3-2-4-8(11(7)14)12(18)17-10-5-9(13)15-6-16-10/h2-6H,1H3,(H,15,16,17,18). The van der Waals surface area contributed by atoms with E-state index in [2.05, 4.69) is 15.3 Å². The van der Waals surface area contributed by atoms with Gasteiger partial charge in [0.1, 0.15) is 23.1 Å². The molecule has 92 valence electrons. The summed E-state index contributed by atoms with van der Waals surface area (Å²) in [5.41, 5.74) is 0.369. The van der Waals surface area contributed by atoms with Gasteiger partial charge in [0.2, 0.25) is 0 Å². The fraction of sp³-hybridized carbons (Fsp3) is 0.0833. The number of halogens is 2. The highest BCUT2D eigenvalue weighted by molar-refractivity contribution is 6.29. The van der Waals surface area contributed by atoms with Crippen molar-refractivity contribution >= 4 is 23.3 Å². The van der Waals surface area contributed by atoms with Gasteiger partial charge in [0.15, 0.2) is 0 Å². The van der Waals surface area contributed by atoms with E-state index in [0.717, 1.165) is 0 Å². The van der Waals surface area contributed by atoms with E-state index in [1.54, 1.807) is 19.1 Å². The number of carbonyl (C=O) groups is 1. The summed E-state index contributed by atoms with van der Waals surface area (Å²) < 4.78 is 13.7. The van der Waals surface area contributed by atoms with Crippen LogP contribution in [0.2, 0.25) is 5.15 Å². The first-order chi connectivity index (χ1) is 8.58. The Morgan fingerprint density at radius 2 is 2.17 bits per heavy atom. The molecule has 4 nitrogen and oxygen atoms in total. The van der Waals surface area contributed by atoms with Crippen molar-refractivity contribution in [2.24, 2.45) is 0 Å². The highest BCUT2D eigenvalue weighted by Crippen LogP contribution is 2.14. The molecule has 0 aliphatic heterocycles. The first-order valence-corrected chi connectivity index (χ1v) is 5.50. The van der Waals surface area contributed by atoms with Gasteiger partial charge in [0.25, 0.3) is 5.91 Å². The first kappa shape index (κ1) is 12.4. The zero-order valence-corrected chi connectivity index (χ0v) is 10.2. The number of nitrogens with one attached hydrogen (secondary N) is 1. The van der Waals surface area contributed by atoms with Crippen LogP contribution < -0.4 is 5.32 Å². The summed E-state index contributed by atoms with van der Waals surface area (Å²) in [6.07, 6.45) is 1.21. The van der Waals surface area contributed by atoms with Gasteiger partial charge >= 0.3 is 0 Å². The Kier molecular flexibility index (Phi) is 3.53. The molecule has 1 aromatic heterocycles. The molecule has 0 atom stereocenters. The highest BCUT2D eigenvalue weighted by atomic mass is 35.5. The van der Waals surface area contributed by atoms with E-state index in [0.29, 0.717) is 5.56 Å². The van der Waals surface area contributed by atoms with E-state index in [1.165, 1.54) is 18.5 Å². The third-order valence-electron chi connectivity index (χ3n) is 2.31. The van der Waals surface area contributed by atoms with Gasteiger partial charge in [0, 0.05) is 6.07 Å². The molecular formula is C12H9ClFN3O. The maximum absolute atomic E-state index is 13.7. The summed E-state index contributed by atoms with van der Waals surface area (Å²) >= 11 is 5.65. The van der Waals surface area contributed by atoms with E-state index < -0.39 is 11.7 Å². The molecule has 2 aromatic rings. The van der Waals surface area contributed by atoms with Crippen molar-refractivity contribution in [2.45, 2.75) is 6.92 Å². The van der Waals surface area contributed by atoms with Gasteiger partial charge in [-0.3, -0.25) is 4.79 Å². The van der Waals surface area contributed by atoms with Crippen molar-refractivity contribution in [1.82, 2.24) is 9.97 Å². The second-order valence-corrected chi connectivity index (χ2v) is 4.00. The molecule has 0 unspecified atom stereocenters. The Balaban J connectivity index is 2.25. The van der Waals surface area contributed by atoms with Gasteiger partial charge in [-0.25, -0.2) is 14.4 Å². The van der Waals surface area contributed by atoms with Crippen LogP contribution in [0.3, 0.4) is 0 Å². The van der Waals surface area contributed by atoms with Crippen LogP contribution in [0.25, 0.3) is 0 Å². The van der Waals surface area contributed by atoms with Crippen molar-refractivity contribution in [3.63, 3.8) is 0 Å². The van der Waals surface area contributed by atoms with Crippen LogP contribution in [0.4, 0.5) is 10.2 Å². The highest BCUT2D eigenvalue weighted by Gasteiger charge is 2.13. The lowest BCUT2D eigenvalue weighted by Crippen LogP contribution is -2.15. The first-order valence-electron chi connectivity index (χ1n) is 5.12. The Morgan fingerprint density at radius 3 is 2.89 bits per heavy atom. The number of carbonyl (C=O) groups excluding carboxylic acids is 1. The lowest BCUT2D eigenvalue weighted by atomic mass is 10.1. The zero-order chi connectivity index (χ0) is 13.1. The molecule has 0 radical (unpaired) electrons. The average molecular weight is 266 g/mol. The number of hydrogen-bond donors (Lipinski definition) is 1. The summed E-state index contributed by atoms with van der Waals surface area (Å²) in [6, 6.07) is 5.99. The number of amides is 1. The number of hydrogen-bond acceptors (Lipinski definition) is 3. The monoisotopic (exact) mass is 265 g/mol. The van der Waals surface area contributed by atoms with Crippen molar-refractivity contribution < 1.29 is 9.18 Å². The molecule has 0 saturated heterocycles. The molecular weight excluding hydrogens is 257 g/mol. The van der Waals surface area contributed by atoms with Crippen LogP contribution in [0.15, 0.2) is 30.6 Å². The predicted molar refractivity (Wildman–Crippen MR) is 66.1 cm³/mol. The number of rotatable bonds is 2. The van der Waals surface area contributed by atoms with Crippen LogP contribution in [0.5, 0.6) is 0 Å². The van der Waals surface area contributed by atoms with Gasteiger partial charge in [-0.1, -0.05) is 23.7 Å². The van der Waals surface area contributed by atoms with Gasteiger partial charge in [0.05, 0.1) is 5.56 Å². The van der Waals surface area contributed by atoms with E-state index in [9.17, 15) is 9.18 Å². The van der Waals surface area contributed by atoms with Crippen molar-refractivity contribution in [3.05, 3.63) is 52.7 Å². The van der Waals surface area contributed by atoms with Crippen molar-refractivity contribution in [3.8, 4) is 0 Å². The molecule has 1 amide bonds. The van der Waals surface area contributed by atoms with Crippen LogP contribution in [0.1, 0.15) is 15.9 Å². The Hall–Kier alpha value is -2.01. The molecule has 0 spiro atoms. The largest absolute Gasteiger partial charge is 0.306 e. The SMILES string of the molecule is Cc1cccc(C(=O)Nc2cc(Cl)ncn2)c1F. The minimum Gasteiger partial charge on any atom is -0.306 e. The van der Waals surface area contributed by atoms with Gasteiger partial charge < -0.3 is 5.32 Å². The third-order valence-corrected chi connectivity index (χ3v) is 2.52. The number of aromatic nitrogens is 2. The Morgan fingerprint density at radius 1 is 1.39 bits per heavy atom. The lowest BCUT2D eigenvalue weighted by Gasteiger charge is -2.06. The maximum Gasteiger partial charge on any atom is 0.259 e. The second kappa shape index (κ2) is 5.10. The van der Waals surface area contributed by atoms with E-state index in [4.69, 9.17) is 11.6 Å². The minimum absolute atomic E-state index is 0.0373. The number of aryl methyl sites for hydroxylation is 1. The molecule has 1 aromatic carbocycles. The van der Waals surface area contributed by atoms with Gasteiger partial charge in [-0.05, 0) is 18.6 Å². The Labute approximate surface area is 108 Å².